The predicted octanol–water partition coefficient (Wildman–Crippen LogP) is 5.46. The van der Waals surface area contributed by atoms with Gasteiger partial charge in [0.15, 0.2) is 29.6 Å². The van der Waals surface area contributed by atoms with Gasteiger partial charge in [-0.15, -0.1) is 0 Å². The van der Waals surface area contributed by atoms with E-state index < -0.39 is 11.9 Å². The Labute approximate surface area is 231 Å². The van der Waals surface area contributed by atoms with Crippen molar-refractivity contribution in [3.63, 3.8) is 0 Å². The Kier molecular flexibility index (Phi) is 8.49. The highest BCUT2D eigenvalue weighted by atomic mass is 79.9. The summed E-state index contributed by atoms with van der Waals surface area (Å²) in [7, 11) is 1.45. The summed E-state index contributed by atoms with van der Waals surface area (Å²) in [4.78, 5) is 24.7. The molecule has 0 saturated carbocycles. The summed E-state index contributed by atoms with van der Waals surface area (Å²) in [5.74, 6) is 1.05. The Morgan fingerprint density at radius 2 is 1.75 bits per heavy atom. The van der Waals surface area contributed by atoms with Crippen LogP contribution >= 0.6 is 47.8 Å². The Balaban J connectivity index is 1.34. The molecule has 1 aliphatic rings. The summed E-state index contributed by atoms with van der Waals surface area (Å²) < 4.78 is 29.1. The van der Waals surface area contributed by atoms with Crippen molar-refractivity contribution in [2.45, 2.75) is 0 Å². The number of fused-ring (bicyclic) bond motifs is 1. The highest BCUT2D eigenvalue weighted by molar-refractivity contribution is 9.11. The number of nitrogens with zero attached hydrogens (tertiary/aromatic N) is 1. The lowest BCUT2D eigenvalue weighted by Crippen LogP contribution is -2.24. The first-order valence-electron chi connectivity index (χ1n) is 10.2. The first-order valence-corrected chi connectivity index (χ1v) is 12.6. The number of rotatable bonds is 8. The molecule has 0 spiro atoms. The third-order valence-electron chi connectivity index (χ3n) is 4.71. The van der Waals surface area contributed by atoms with Crippen LogP contribution in [0, 0.1) is 0 Å². The lowest BCUT2D eigenvalue weighted by Gasteiger charge is -2.10. The number of methoxy groups -OCH3 is 1. The van der Waals surface area contributed by atoms with Crippen molar-refractivity contribution in [3.8, 4) is 28.7 Å². The summed E-state index contributed by atoms with van der Waals surface area (Å²) in [5, 5.41) is 3.94. The second-order valence-corrected chi connectivity index (χ2v) is 9.77. The Bertz CT molecular complexity index is 1320. The fraction of sp³-hybridized carbons (Fsp3) is 0.125. The highest BCUT2D eigenvalue weighted by Gasteiger charge is 2.19. The molecule has 4 rings (SSSR count). The number of carbonyl (C=O) groups is 2. The van der Waals surface area contributed by atoms with Gasteiger partial charge in [-0.1, -0.05) is 15.9 Å². The number of halogens is 3. The fourth-order valence-electron chi connectivity index (χ4n) is 3.05. The lowest BCUT2D eigenvalue weighted by atomic mass is 10.2. The average Bonchev–Trinajstić information content (AvgIpc) is 3.32. The maximum Gasteiger partial charge on any atom is 0.343 e. The van der Waals surface area contributed by atoms with E-state index in [1.807, 2.05) is 0 Å². The van der Waals surface area contributed by atoms with Crippen molar-refractivity contribution >= 4 is 65.9 Å². The van der Waals surface area contributed by atoms with E-state index in [9.17, 15) is 9.59 Å². The number of hydrogen-bond acceptors (Lipinski definition) is 8. The molecule has 0 fully saturated rings. The van der Waals surface area contributed by atoms with Crippen LogP contribution in [0.5, 0.6) is 28.7 Å². The standard InChI is InChI=1S/C24H17Br3N2O7/c1-32-20-6-13(10-28-29-22(30)11-33-23-16(26)8-15(25)9-17(23)27)2-4-19(20)36-24(31)14-3-5-18-21(7-14)35-12-34-18/h2-10H,11-12H2,1H3,(H,29,30). The van der Waals surface area contributed by atoms with Gasteiger partial charge in [-0.3, -0.25) is 4.79 Å². The smallest absolute Gasteiger partial charge is 0.343 e. The van der Waals surface area contributed by atoms with Gasteiger partial charge < -0.3 is 23.7 Å². The van der Waals surface area contributed by atoms with E-state index in [1.54, 1.807) is 48.5 Å². The van der Waals surface area contributed by atoms with Crippen LogP contribution in [0.3, 0.4) is 0 Å². The fourth-order valence-corrected chi connectivity index (χ4v) is 5.53. The topological polar surface area (TPSA) is 105 Å². The number of hydrogen-bond donors (Lipinski definition) is 1. The van der Waals surface area contributed by atoms with Crippen molar-refractivity contribution < 1.29 is 33.3 Å². The highest BCUT2D eigenvalue weighted by Crippen LogP contribution is 2.36. The third-order valence-corrected chi connectivity index (χ3v) is 6.35. The molecule has 0 bridgehead atoms. The van der Waals surface area contributed by atoms with Crippen molar-refractivity contribution in [2.75, 3.05) is 20.5 Å². The van der Waals surface area contributed by atoms with E-state index in [0.717, 1.165) is 4.47 Å². The molecule has 12 heteroatoms. The number of ether oxygens (including phenoxy) is 5. The predicted molar refractivity (Wildman–Crippen MR) is 141 cm³/mol. The third kappa shape index (κ3) is 6.37. The van der Waals surface area contributed by atoms with Gasteiger partial charge in [0.05, 0.1) is 27.8 Å². The molecule has 1 aliphatic heterocycles. The largest absolute Gasteiger partial charge is 0.493 e. The molecule has 1 amide bonds. The Hall–Kier alpha value is -3.09. The SMILES string of the molecule is COc1cc(C=NNC(=O)COc2c(Br)cc(Br)cc2Br)ccc1OC(=O)c1ccc2c(c1)OCO2. The van der Waals surface area contributed by atoms with Crippen LogP contribution in [0.1, 0.15) is 15.9 Å². The van der Waals surface area contributed by atoms with E-state index in [0.29, 0.717) is 43.1 Å². The second kappa shape index (κ2) is 11.8. The van der Waals surface area contributed by atoms with E-state index in [-0.39, 0.29) is 19.1 Å². The first kappa shape index (κ1) is 26.0. The Morgan fingerprint density at radius 1 is 1.00 bits per heavy atom. The molecule has 36 heavy (non-hydrogen) atoms. The number of esters is 1. The minimum atomic E-state index is -0.579. The van der Waals surface area contributed by atoms with Gasteiger partial charge in [0.25, 0.3) is 5.91 Å². The molecule has 1 heterocycles. The average molecular weight is 685 g/mol. The van der Waals surface area contributed by atoms with Gasteiger partial charge in [0, 0.05) is 4.47 Å². The molecular formula is C24H17Br3N2O7. The van der Waals surface area contributed by atoms with Crippen LogP contribution in [0.25, 0.3) is 0 Å². The van der Waals surface area contributed by atoms with Gasteiger partial charge in [0.1, 0.15) is 5.75 Å². The molecule has 3 aromatic rings. The minimum Gasteiger partial charge on any atom is -0.493 e. The molecule has 9 nitrogen and oxygen atoms in total. The van der Waals surface area contributed by atoms with E-state index >= 15 is 0 Å². The zero-order chi connectivity index (χ0) is 25.7. The normalized spacial score (nSPS) is 11.9. The molecule has 0 unspecified atom stereocenters. The van der Waals surface area contributed by atoms with Gasteiger partial charge in [0.2, 0.25) is 6.79 Å². The van der Waals surface area contributed by atoms with E-state index in [2.05, 4.69) is 58.3 Å². The maximum absolute atomic E-state index is 12.6. The molecule has 0 atom stereocenters. The van der Waals surface area contributed by atoms with Gasteiger partial charge in [-0.25, -0.2) is 10.2 Å². The minimum absolute atomic E-state index is 0.110. The maximum atomic E-state index is 12.6. The summed E-state index contributed by atoms with van der Waals surface area (Å²) >= 11 is 10.2. The monoisotopic (exact) mass is 682 g/mol. The summed E-state index contributed by atoms with van der Waals surface area (Å²) in [6, 6.07) is 13.2. The summed E-state index contributed by atoms with van der Waals surface area (Å²) in [6.07, 6.45) is 1.43. The molecular weight excluding hydrogens is 668 g/mol. The lowest BCUT2D eigenvalue weighted by molar-refractivity contribution is -0.123. The second-order valence-electron chi connectivity index (χ2n) is 7.15. The molecule has 1 N–H and O–H groups in total. The first-order chi connectivity index (χ1) is 17.3. The molecule has 0 saturated heterocycles. The molecule has 186 valence electrons. The zero-order valence-electron chi connectivity index (χ0n) is 18.5. The number of hydrazone groups is 1. The van der Waals surface area contributed by atoms with Gasteiger partial charge in [-0.05, 0) is 86.0 Å². The molecule has 0 aromatic heterocycles. The van der Waals surface area contributed by atoms with Gasteiger partial charge in [-0.2, -0.15) is 5.10 Å². The quantitative estimate of drug-likeness (QED) is 0.146. The molecule has 0 radical (unpaired) electrons. The van der Waals surface area contributed by atoms with Crippen molar-refractivity contribution in [1.29, 1.82) is 0 Å². The summed E-state index contributed by atoms with van der Waals surface area (Å²) in [6.45, 7) is -0.132. The van der Waals surface area contributed by atoms with Gasteiger partial charge >= 0.3 is 5.97 Å². The van der Waals surface area contributed by atoms with Crippen LogP contribution < -0.4 is 29.1 Å². The number of benzene rings is 3. The van der Waals surface area contributed by atoms with Crippen LogP contribution in [-0.2, 0) is 4.79 Å². The summed E-state index contributed by atoms with van der Waals surface area (Å²) in [5.41, 5.74) is 3.31. The molecule has 3 aromatic carbocycles. The van der Waals surface area contributed by atoms with E-state index in [4.69, 9.17) is 23.7 Å². The Morgan fingerprint density at radius 3 is 2.50 bits per heavy atom. The number of nitrogens with one attached hydrogen (secondary N) is 1. The number of carbonyl (C=O) groups excluding carboxylic acids is 2. The van der Waals surface area contributed by atoms with Crippen LogP contribution in [-0.4, -0.2) is 38.6 Å². The zero-order valence-corrected chi connectivity index (χ0v) is 23.3. The van der Waals surface area contributed by atoms with Crippen LogP contribution in [0.2, 0.25) is 0 Å². The van der Waals surface area contributed by atoms with Crippen molar-refractivity contribution in [3.05, 3.63) is 73.1 Å². The van der Waals surface area contributed by atoms with E-state index in [1.165, 1.54) is 13.3 Å². The number of amides is 1. The van der Waals surface area contributed by atoms with Crippen molar-refractivity contribution in [1.82, 2.24) is 5.43 Å². The van der Waals surface area contributed by atoms with Crippen LogP contribution in [0.4, 0.5) is 0 Å². The molecule has 0 aliphatic carbocycles. The van der Waals surface area contributed by atoms with Crippen molar-refractivity contribution in [2.24, 2.45) is 5.10 Å². The van der Waals surface area contributed by atoms with Crippen LogP contribution in [0.15, 0.2) is 67.1 Å².